The van der Waals surface area contributed by atoms with E-state index in [1.165, 1.54) is 7.11 Å². The van der Waals surface area contributed by atoms with Gasteiger partial charge in [0.15, 0.2) is 21.3 Å². The molecule has 0 N–H and O–H groups in total. The molecule has 0 amide bonds. The van der Waals surface area contributed by atoms with E-state index in [-0.39, 0.29) is 18.3 Å². The van der Waals surface area contributed by atoms with Crippen LogP contribution in [0.5, 0.6) is 11.5 Å². The highest BCUT2D eigenvalue weighted by atomic mass is 32.2. The molecule has 1 aliphatic carbocycles. The van der Waals surface area contributed by atoms with E-state index in [1.54, 1.807) is 48.5 Å². The maximum Gasteiger partial charge on any atom is 0.231 e. The summed E-state index contributed by atoms with van der Waals surface area (Å²) < 4.78 is 42.3. The molecule has 2 aromatic rings. The number of hydrogen-bond acceptors (Lipinski definition) is 6. The molecule has 0 aromatic heterocycles. The molecule has 0 saturated heterocycles. The third kappa shape index (κ3) is 2.37. The molecular formula is C19H17NO5S. The molecule has 0 spiro atoms. The molecule has 4 rings (SSSR count). The number of sulfone groups is 1. The molecule has 1 fully saturated rings. The Labute approximate surface area is 151 Å². The van der Waals surface area contributed by atoms with Crippen molar-refractivity contribution in [2.75, 3.05) is 20.5 Å². The van der Waals surface area contributed by atoms with Crippen LogP contribution in [0, 0.1) is 16.7 Å². The summed E-state index contributed by atoms with van der Waals surface area (Å²) in [5, 5.41) is 8.97. The van der Waals surface area contributed by atoms with Gasteiger partial charge < -0.3 is 14.2 Å². The average molecular weight is 371 g/mol. The van der Waals surface area contributed by atoms with Gasteiger partial charge in [-0.2, -0.15) is 5.26 Å². The summed E-state index contributed by atoms with van der Waals surface area (Å²) in [7, 11) is -2.22. The smallest absolute Gasteiger partial charge is 0.231 e. The van der Waals surface area contributed by atoms with Crippen LogP contribution in [0.4, 0.5) is 0 Å². The molecule has 2 aromatic carbocycles. The van der Waals surface area contributed by atoms with Crippen LogP contribution in [-0.4, -0.2) is 34.2 Å². The van der Waals surface area contributed by atoms with Gasteiger partial charge in [0, 0.05) is 13.0 Å². The second-order valence-corrected chi connectivity index (χ2v) is 8.52. The van der Waals surface area contributed by atoms with Gasteiger partial charge in [0.2, 0.25) is 6.79 Å². The predicted molar refractivity (Wildman–Crippen MR) is 92.6 cm³/mol. The second-order valence-electron chi connectivity index (χ2n) is 6.45. The highest BCUT2D eigenvalue weighted by molar-refractivity contribution is 7.92. The normalized spacial score (nSPS) is 26.3. The largest absolute Gasteiger partial charge is 0.454 e. The minimum absolute atomic E-state index is 0.0410. The molecule has 1 saturated carbocycles. The van der Waals surface area contributed by atoms with Gasteiger partial charge in [-0.15, -0.1) is 0 Å². The maximum atomic E-state index is 13.2. The highest BCUT2D eigenvalue weighted by Gasteiger charge is 2.72. The molecule has 0 bridgehead atoms. The van der Waals surface area contributed by atoms with Gasteiger partial charge in [-0.25, -0.2) is 8.42 Å². The van der Waals surface area contributed by atoms with E-state index >= 15 is 0 Å². The number of nitriles is 1. The van der Waals surface area contributed by atoms with Crippen molar-refractivity contribution in [3.05, 3.63) is 54.1 Å². The van der Waals surface area contributed by atoms with Crippen LogP contribution in [0.15, 0.2) is 53.4 Å². The Hall–Kier alpha value is -2.56. The van der Waals surface area contributed by atoms with Crippen LogP contribution >= 0.6 is 0 Å². The summed E-state index contributed by atoms with van der Waals surface area (Å²) in [5.74, 6) is 0.688. The summed E-state index contributed by atoms with van der Waals surface area (Å²) in [4.78, 5) is 0.212. The van der Waals surface area contributed by atoms with Gasteiger partial charge in [-0.1, -0.05) is 24.3 Å². The molecule has 0 radical (unpaired) electrons. The number of nitrogens with zero attached hydrogens (tertiary/aromatic N) is 1. The van der Waals surface area contributed by atoms with Crippen molar-refractivity contribution in [2.45, 2.75) is 16.1 Å². The fraction of sp³-hybridized carbons (Fsp3) is 0.316. The van der Waals surface area contributed by atoms with Gasteiger partial charge in [0.05, 0.1) is 22.8 Å². The first-order valence-electron chi connectivity index (χ1n) is 8.13. The van der Waals surface area contributed by atoms with Gasteiger partial charge in [-0.3, -0.25) is 0 Å². The summed E-state index contributed by atoms with van der Waals surface area (Å²) in [6.45, 7) is 0.177. The number of methoxy groups -OCH3 is 1. The van der Waals surface area contributed by atoms with Gasteiger partial charge in [0.1, 0.15) is 5.41 Å². The van der Waals surface area contributed by atoms with Crippen molar-refractivity contribution in [2.24, 2.45) is 5.41 Å². The number of rotatable bonds is 5. The second kappa shape index (κ2) is 6.01. The molecular weight excluding hydrogens is 354 g/mol. The SMILES string of the molecule is COCC1(C#N)C(c2ccc3c(c2)OCO3)C1S(=O)(=O)c1ccccc1. The molecule has 3 atom stereocenters. The summed E-state index contributed by atoms with van der Waals surface area (Å²) in [6.07, 6.45) is 0. The van der Waals surface area contributed by atoms with E-state index in [2.05, 4.69) is 6.07 Å². The van der Waals surface area contributed by atoms with Gasteiger partial charge in [0.25, 0.3) is 0 Å². The lowest BCUT2D eigenvalue weighted by Gasteiger charge is -2.08. The zero-order chi connectivity index (χ0) is 18.4. The first-order valence-corrected chi connectivity index (χ1v) is 9.68. The fourth-order valence-corrected chi connectivity index (χ4v) is 6.10. The molecule has 6 nitrogen and oxygen atoms in total. The zero-order valence-electron chi connectivity index (χ0n) is 14.1. The maximum absolute atomic E-state index is 13.2. The van der Waals surface area contributed by atoms with E-state index < -0.39 is 26.4 Å². The Bertz CT molecular complexity index is 983. The molecule has 134 valence electrons. The van der Waals surface area contributed by atoms with Crippen molar-refractivity contribution in [1.82, 2.24) is 0 Å². The van der Waals surface area contributed by atoms with Crippen LogP contribution in [0.1, 0.15) is 11.5 Å². The van der Waals surface area contributed by atoms with Crippen molar-refractivity contribution in [3.8, 4) is 17.6 Å². The minimum Gasteiger partial charge on any atom is -0.454 e. The van der Waals surface area contributed by atoms with E-state index in [9.17, 15) is 13.7 Å². The van der Waals surface area contributed by atoms with E-state index in [1.807, 2.05) is 0 Å². The Kier molecular flexibility index (Phi) is 3.90. The zero-order valence-corrected chi connectivity index (χ0v) is 14.9. The lowest BCUT2D eigenvalue weighted by atomic mass is 10.0. The molecule has 1 heterocycles. The number of ether oxygens (including phenoxy) is 3. The molecule has 2 aliphatic rings. The Morgan fingerprint density at radius 1 is 1.19 bits per heavy atom. The lowest BCUT2D eigenvalue weighted by Crippen LogP contribution is -2.19. The topological polar surface area (TPSA) is 85.6 Å². The van der Waals surface area contributed by atoms with E-state index in [4.69, 9.17) is 14.2 Å². The van der Waals surface area contributed by atoms with Crippen molar-refractivity contribution in [1.29, 1.82) is 5.26 Å². The molecule has 1 aliphatic heterocycles. The monoisotopic (exact) mass is 371 g/mol. The van der Waals surface area contributed by atoms with Crippen molar-refractivity contribution in [3.63, 3.8) is 0 Å². The first kappa shape index (κ1) is 16.9. The van der Waals surface area contributed by atoms with E-state index in [0.717, 1.165) is 5.56 Å². The quantitative estimate of drug-likeness (QED) is 0.803. The first-order chi connectivity index (χ1) is 12.5. The van der Waals surface area contributed by atoms with Crippen LogP contribution in [0.2, 0.25) is 0 Å². The van der Waals surface area contributed by atoms with Crippen molar-refractivity contribution < 1.29 is 22.6 Å². The van der Waals surface area contributed by atoms with Gasteiger partial charge in [-0.05, 0) is 29.8 Å². The minimum atomic E-state index is -3.69. The standard InChI is InChI=1S/C19H17NO5S/c1-23-11-19(10-20)17(13-7-8-15-16(9-13)25-12-24-15)18(19)26(21,22)14-5-3-2-4-6-14/h2-9,17-18H,11-12H2,1H3. The Morgan fingerprint density at radius 3 is 2.62 bits per heavy atom. The predicted octanol–water partition coefficient (Wildman–Crippen LogP) is 2.51. The van der Waals surface area contributed by atoms with Crippen LogP contribution in [0.25, 0.3) is 0 Å². The van der Waals surface area contributed by atoms with Crippen LogP contribution < -0.4 is 9.47 Å². The summed E-state index contributed by atoms with van der Waals surface area (Å²) >= 11 is 0. The van der Waals surface area contributed by atoms with E-state index in [0.29, 0.717) is 11.5 Å². The number of fused-ring (bicyclic) bond motifs is 1. The van der Waals surface area contributed by atoms with Crippen LogP contribution in [0.3, 0.4) is 0 Å². The number of benzene rings is 2. The molecule has 3 unspecified atom stereocenters. The Balaban J connectivity index is 1.79. The molecule has 26 heavy (non-hydrogen) atoms. The van der Waals surface area contributed by atoms with Gasteiger partial charge >= 0.3 is 0 Å². The third-order valence-electron chi connectivity index (χ3n) is 5.01. The van der Waals surface area contributed by atoms with Crippen molar-refractivity contribution >= 4 is 9.84 Å². The summed E-state index contributed by atoms with van der Waals surface area (Å²) in [5.41, 5.74) is -0.394. The fourth-order valence-electron chi connectivity index (χ4n) is 3.77. The Morgan fingerprint density at radius 2 is 1.92 bits per heavy atom. The highest BCUT2D eigenvalue weighted by Crippen LogP contribution is 2.64. The van der Waals surface area contributed by atoms with Crippen LogP contribution in [-0.2, 0) is 14.6 Å². The number of hydrogen-bond donors (Lipinski definition) is 0. The summed E-state index contributed by atoms with van der Waals surface area (Å²) in [6, 6.07) is 15.7. The average Bonchev–Trinajstić information content (AvgIpc) is 3.10. The molecule has 7 heteroatoms. The lowest BCUT2D eigenvalue weighted by molar-refractivity contribution is 0.162. The third-order valence-corrected chi connectivity index (χ3v) is 7.30.